The molecule has 2 rings (SSSR count). The third-order valence-corrected chi connectivity index (χ3v) is 2.63. The highest BCUT2D eigenvalue weighted by molar-refractivity contribution is 5.34. The fourth-order valence-corrected chi connectivity index (χ4v) is 1.73. The molecule has 0 saturated carbocycles. The Bertz CT molecular complexity index is 302. The molecule has 0 radical (unpaired) electrons. The lowest BCUT2D eigenvalue weighted by Crippen LogP contribution is -2.60. The Balaban J connectivity index is 2.38. The van der Waals surface area contributed by atoms with E-state index >= 15 is 0 Å². The molecule has 3 nitrogen and oxygen atoms in total. The van der Waals surface area contributed by atoms with Crippen LogP contribution in [0.3, 0.4) is 0 Å². The van der Waals surface area contributed by atoms with E-state index in [1.54, 1.807) is 0 Å². The van der Waals surface area contributed by atoms with E-state index in [0.29, 0.717) is 13.2 Å². The molecule has 0 bridgehead atoms. The van der Waals surface area contributed by atoms with Gasteiger partial charge < -0.3 is 4.74 Å². The summed E-state index contributed by atoms with van der Waals surface area (Å²) in [6.45, 7) is 3.41. The molecule has 1 heterocycles. The molecule has 3 heteroatoms. The minimum atomic E-state index is -0.147. The first-order valence-electron chi connectivity index (χ1n) is 4.40. The number of ether oxygens (including phenoxy) is 1. The summed E-state index contributed by atoms with van der Waals surface area (Å²) in [6, 6.07) is 8.24. The molecular weight excluding hydrogens is 164 g/mol. The summed E-state index contributed by atoms with van der Waals surface area (Å²) >= 11 is 0. The van der Waals surface area contributed by atoms with Gasteiger partial charge in [0.15, 0.2) is 0 Å². The van der Waals surface area contributed by atoms with Crippen molar-refractivity contribution in [3.8, 4) is 0 Å². The standard InChI is InChI=1S/C10H14N2O/c1-8-4-2-3-5-9(8)10(12-11)6-13-7-10/h2-5,12H,6-7,11H2,1H3. The summed E-state index contributed by atoms with van der Waals surface area (Å²) in [5, 5.41) is 0. The quantitative estimate of drug-likeness (QED) is 0.517. The third kappa shape index (κ3) is 1.25. The summed E-state index contributed by atoms with van der Waals surface area (Å²) in [7, 11) is 0. The van der Waals surface area contributed by atoms with Gasteiger partial charge in [-0.25, -0.2) is 5.43 Å². The van der Waals surface area contributed by atoms with Crippen LogP contribution in [-0.2, 0) is 10.3 Å². The molecule has 0 spiro atoms. The zero-order valence-electron chi connectivity index (χ0n) is 7.71. The molecule has 0 aliphatic carbocycles. The van der Waals surface area contributed by atoms with Crippen LogP contribution in [0.1, 0.15) is 11.1 Å². The minimum absolute atomic E-state index is 0.147. The van der Waals surface area contributed by atoms with Crippen LogP contribution >= 0.6 is 0 Å². The molecule has 0 aromatic heterocycles. The van der Waals surface area contributed by atoms with E-state index in [1.165, 1.54) is 11.1 Å². The number of hydrogen-bond acceptors (Lipinski definition) is 3. The predicted molar refractivity (Wildman–Crippen MR) is 51.0 cm³/mol. The van der Waals surface area contributed by atoms with E-state index in [9.17, 15) is 0 Å². The van der Waals surface area contributed by atoms with E-state index in [2.05, 4.69) is 24.5 Å². The topological polar surface area (TPSA) is 47.3 Å². The van der Waals surface area contributed by atoms with Crippen LogP contribution in [0.5, 0.6) is 0 Å². The van der Waals surface area contributed by atoms with Crippen molar-refractivity contribution in [3.63, 3.8) is 0 Å². The van der Waals surface area contributed by atoms with E-state index in [4.69, 9.17) is 10.6 Å². The lowest BCUT2D eigenvalue weighted by atomic mass is 9.86. The summed E-state index contributed by atoms with van der Waals surface area (Å²) in [6.07, 6.45) is 0. The van der Waals surface area contributed by atoms with E-state index < -0.39 is 0 Å². The van der Waals surface area contributed by atoms with Gasteiger partial charge in [0.2, 0.25) is 0 Å². The van der Waals surface area contributed by atoms with Gasteiger partial charge >= 0.3 is 0 Å². The SMILES string of the molecule is Cc1ccccc1C1(NN)COC1. The number of rotatable bonds is 2. The zero-order chi connectivity index (χ0) is 9.31. The lowest BCUT2D eigenvalue weighted by Gasteiger charge is -2.42. The Morgan fingerprint density at radius 2 is 2.08 bits per heavy atom. The van der Waals surface area contributed by atoms with Crippen LogP contribution in [0.4, 0.5) is 0 Å². The van der Waals surface area contributed by atoms with Crippen molar-refractivity contribution >= 4 is 0 Å². The Morgan fingerprint density at radius 3 is 2.54 bits per heavy atom. The second kappa shape index (κ2) is 3.10. The van der Waals surface area contributed by atoms with E-state index in [1.807, 2.05) is 12.1 Å². The average molecular weight is 178 g/mol. The fourth-order valence-electron chi connectivity index (χ4n) is 1.73. The van der Waals surface area contributed by atoms with Crippen LogP contribution in [-0.4, -0.2) is 13.2 Å². The number of hydrogen-bond donors (Lipinski definition) is 2. The van der Waals surface area contributed by atoms with Gasteiger partial charge in [-0.3, -0.25) is 5.84 Å². The van der Waals surface area contributed by atoms with Crippen molar-refractivity contribution in [2.45, 2.75) is 12.5 Å². The maximum atomic E-state index is 5.54. The highest BCUT2D eigenvalue weighted by atomic mass is 16.5. The molecule has 0 unspecified atom stereocenters. The summed E-state index contributed by atoms with van der Waals surface area (Å²) < 4.78 is 5.20. The third-order valence-electron chi connectivity index (χ3n) is 2.63. The molecule has 1 saturated heterocycles. The predicted octanol–water partition coefficient (Wildman–Crippen LogP) is 0.684. The highest BCUT2D eigenvalue weighted by Crippen LogP contribution is 2.30. The maximum Gasteiger partial charge on any atom is 0.104 e. The van der Waals surface area contributed by atoms with Gasteiger partial charge in [-0.15, -0.1) is 0 Å². The van der Waals surface area contributed by atoms with E-state index in [0.717, 1.165) is 0 Å². The smallest absolute Gasteiger partial charge is 0.104 e. The van der Waals surface area contributed by atoms with Gasteiger partial charge in [-0.05, 0) is 18.1 Å². The van der Waals surface area contributed by atoms with Crippen molar-refractivity contribution in [1.29, 1.82) is 0 Å². The monoisotopic (exact) mass is 178 g/mol. The Labute approximate surface area is 77.9 Å². The Morgan fingerprint density at radius 1 is 1.38 bits per heavy atom. The second-order valence-electron chi connectivity index (χ2n) is 3.53. The highest BCUT2D eigenvalue weighted by Gasteiger charge is 2.40. The van der Waals surface area contributed by atoms with Gasteiger partial charge in [-0.2, -0.15) is 0 Å². The first kappa shape index (κ1) is 8.69. The van der Waals surface area contributed by atoms with Gasteiger partial charge in [0.25, 0.3) is 0 Å². The molecule has 70 valence electrons. The van der Waals surface area contributed by atoms with Crippen LogP contribution in [0.25, 0.3) is 0 Å². The number of hydrazine groups is 1. The van der Waals surface area contributed by atoms with Crippen LogP contribution in [0.2, 0.25) is 0 Å². The van der Waals surface area contributed by atoms with Gasteiger partial charge in [0.1, 0.15) is 5.54 Å². The zero-order valence-corrected chi connectivity index (χ0v) is 7.71. The first-order chi connectivity index (χ1) is 6.28. The van der Waals surface area contributed by atoms with E-state index in [-0.39, 0.29) is 5.54 Å². The minimum Gasteiger partial charge on any atom is -0.377 e. The molecular formula is C10H14N2O. The van der Waals surface area contributed by atoms with Crippen LogP contribution in [0.15, 0.2) is 24.3 Å². The molecule has 1 fully saturated rings. The van der Waals surface area contributed by atoms with Crippen molar-refractivity contribution in [3.05, 3.63) is 35.4 Å². The normalized spacial score (nSPS) is 19.5. The van der Waals surface area contributed by atoms with Gasteiger partial charge in [-0.1, -0.05) is 24.3 Å². The molecule has 3 N–H and O–H groups in total. The molecule has 1 aliphatic heterocycles. The molecule has 1 aliphatic rings. The first-order valence-corrected chi connectivity index (χ1v) is 4.40. The molecule has 1 aromatic carbocycles. The number of nitrogens with one attached hydrogen (secondary N) is 1. The van der Waals surface area contributed by atoms with Crippen molar-refractivity contribution in [2.75, 3.05) is 13.2 Å². The number of nitrogens with two attached hydrogens (primary N) is 1. The Kier molecular flexibility index (Phi) is 2.07. The molecule has 13 heavy (non-hydrogen) atoms. The number of benzene rings is 1. The summed E-state index contributed by atoms with van der Waals surface area (Å²) in [5.41, 5.74) is 5.19. The van der Waals surface area contributed by atoms with Crippen molar-refractivity contribution in [2.24, 2.45) is 5.84 Å². The lowest BCUT2D eigenvalue weighted by molar-refractivity contribution is -0.0789. The maximum absolute atomic E-state index is 5.54. The average Bonchev–Trinajstić information content (AvgIpc) is 2.07. The van der Waals surface area contributed by atoms with Gasteiger partial charge in [0, 0.05) is 0 Å². The van der Waals surface area contributed by atoms with Gasteiger partial charge in [0.05, 0.1) is 13.2 Å². The largest absolute Gasteiger partial charge is 0.377 e. The van der Waals surface area contributed by atoms with Crippen molar-refractivity contribution in [1.82, 2.24) is 5.43 Å². The molecule has 0 amide bonds. The summed E-state index contributed by atoms with van der Waals surface area (Å²) in [5.74, 6) is 5.54. The van der Waals surface area contributed by atoms with Crippen molar-refractivity contribution < 1.29 is 4.74 Å². The Hall–Kier alpha value is -0.900. The molecule has 0 atom stereocenters. The summed E-state index contributed by atoms with van der Waals surface area (Å²) in [4.78, 5) is 0. The fraction of sp³-hybridized carbons (Fsp3) is 0.400. The van der Waals surface area contributed by atoms with Crippen LogP contribution in [0, 0.1) is 6.92 Å². The molecule has 1 aromatic rings. The van der Waals surface area contributed by atoms with Crippen LogP contribution < -0.4 is 11.3 Å². The number of aryl methyl sites for hydroxylation is 1. The second-order valence-corrected chi connectivity index (χ2v) is 3.53.